The Hall–Kier alpha value is -2.90. The molecule has 0 aliphatic carbocycles. The van der Waals surface area contributed by atoms with E-state index in [1.807, 2.05) is 43.3 Å². The van der Waals surface area contributed by atoms with E-state index in [-0.39, 0.29) is 37.2 Å². The van der Waals surface area contributed by atoms with Crippen molar-refractivity contribution in [3.63, 3.8) is 0 Å². The first-order valence-corrected chi connectivity index (χ1v) is 33.0. The predicted octanol–water partition coefficient (Wildman–Crippen LogP) is 12.2. The van der Waals surface area contributed by atoms with Gasteiger partial charge in [0.2, 0.25) is 0 Å². The van der Waals surface area contributed by atoms with Crippen LogP contribution in [0, 0.1) is 11.8 Å². The van der Waals surface area contributed by atoms with Gasteiger partial charge in [0.25, 0.3) is 0 Å². The Labute approximate surface area is 548 Å². The van der Waals surface area contributed by atoms with Crippen LogP contribution in [0.25, 0.3) is 0 Å². The molecule has 7 rings (SSSR count). The van der Waals surface area contributed by atoms with E-state index >= 15 is 0 Å². The summed E-state index contributed by atoms with van der Waals surface area (Å²) in [6.45, 7) is 54.5. The molecule has 0 aromatic heterocycles. The standard InChI is InChI=1S/C10H24N2.4C10H14.C8H19N2.C6H6.2C5H12.C2H5Cl.3ClH/c1-5-11(3)7-9-12(4,6-2)10-8-11;4*1-3-9(2)10-7-5-4-6-8-10;1-4-10(3)7-5-9(2)6-8-10;1-2-4-6-5-3-1;2*1-4-5(2)3;1-2-3;;;/h5-10H2,1-4H3;4*4-9H,3H2,1-2H3;4-8H2,1-3H3;1-6H;2*5H,4H2,1-3H3;2H2,1H3;3*1H/q+2;;;;;+1;;;;;;;/p-3. The van der Waals surface area contributed by atoms with Crippen molar-refractivity contribution in [2.45, 2.75) is 187 Å². The summed E-state index contributed by atoms with van der Waals surface area (Å²) in [6, 6.07) is 54.5. The van der Waals surface area contributed by atoms with E-state index in [0.29, 0.717) is 23.7 Å². The van der Waals surface area contributed by atoms with Crippen LogP contribution < -0.4 is 37.2 Å². The lowest BCUT2D eigenvalue weighted by Crippen LogP contribution is -3.00. The topological polar surface area (TPSA) is 3.24 Å². The molecule has 0 saturated carbocycles. The molecule has 2 heterocycles. The van der Waals surface area contributed by atoms with E-state index in [4.69, 9.17) is 11.6 Å². The third kappa shape index (κ3) is 50.1. The minimum Gasteiger partial charge on any atom is -1.00 e. The van der Waals surface area contributed by atoms with Crippen molar-refractivity contribution >= 4 is 11.6 Å². The second-order valence-corrected chi connectivity index (χ2v) is 24.9. The number of quaternary nitrogens is 3. The number of nitrogens with zero attached hydrogens (tertiary/aromatic N) is 4. The average Bonchev–Trinajstić information content (AvgIpc) is 3.58. The van der Waals surface area contributed by atoms with Crippen molar-refractivity contribution in [2.75, 3.05) is 106 Å². The van der Waals surface area contributed by atoms with Crippen molar-refractivity contribution in [1.29, 1.82) is 0 Å². The van der Waals surface area contributed by atoms with Gasteiger partial charge in [-0.2, -0.15) is 0 Å². The first-order valence-electron chi connectivity index (χ1n) is 32.5. The Kier molecular flexibility index (Phi) is 64.9. The first kappa shape index (κ1) is 92.3. The maximum absolute atomic E-state index is 5.00. The Morgan fingerprint density at radius 3 is 0.619 bits per heavy atom. The van der Waals surface area contributed by atoms with Gasteiger partial charge in [0.05, 0.1) is 53.9 Å². The molecule has 0 spiro atoms. The highest BCUT2D eigenvalue weighted by molar-refractivity contribution is 6.17. The van der Waals surface area contributed by atoms with Gasteiger partial charge >= 0.3 is 0 Å². The van der Waals surface area contributed by atoms with Crippen molar-refractivity contribution in [1.82, 2.24) is 4.90 Å². The second-order valence-electron chi connectivity index (χ2n) is 24.4. The van der Waals surface area contributed by atoms with Crippen molar-refractivity contribution in [3.05, 3.63) is 180 Å². The quantitative estimate of drug-likeness (QED) is 0.0839. The van der Waals surface area contributed by atoms with Gasteiger partial charge in [-0.25, -0.2) is 0 Å². The molecule has 5 aromatic rings. The van der Waals surface area contributed by atoms with Gasteiger partial charge in [-0.15, -0.1) is 11.6 Å². The van der Waals surface area contributed by atoms with Crippen LogP contribution in [0.4, 0.5) is 0 Å². The van der Waals surface area contributed by atoms with Crippen LogP contribution in [-0.4, -0.2) is 124 Å². The third-order valence-corrected chi connectivity index (χ3v) is 16.9. The Bertz CT molecular complexity index is 1770. The van der Waals surface area contributed by atoms with E-state index in [1.165, 1.54) is 146 Å². The van der Waals surface area contributed by atoms with Crippen LogP contribution in [0.15, 0.2) is 158 Å². The van der Waals surface area contributed by atoms with E-state index < -0.39 is 0 Å². The van der Waals surface area contributed by atoms with Gasteiger partial charge in [0, 0.05) is 19.0 Å². The molecule has 0 N–H and O–H groups in total. The van der Waals surface area contributed by atoms with Crippen LogP contribution in [0.1, 0.15) is 209 Å². The Morgan fingerprint density at radius 1 is 0.321 bits per heavy atom. The average molecular weight is 1250 g/mol. The summed E-state index contributed by atoms with van der Waals surface area (Å²) < 4.78 is 3.84. The molecule has 8 heteroatoms. The zero-order valence-corrected chi connectivity index (χ0v) is 61.5. The number of rotatable bonds is 13. The van der Waals surface area contributed by atoms with Crippen LogP contribution in [0.2, 0.25) is 0 Å². The minimum absolute atomic E-state index is 0. The molecule has 0 radical (unpaired) electrons. The maximum atomic E-state index is 5.00. The van der Waals surface area contributed by atoms with Crippen LogP contribution >= 0.6 is 11.6 Å². The minimum atomic E-state index is 0. The van der Waals surface area contributed by atoms with E-state index in [9.17, 15) is 0 Å². The van der Waals surface area contributed by atoms with Gasteiger partial charge < -0.3 is 50.7 Å². The molecule has 2 fully saturated rings. The lowest BCUT2D eigenvalue weighted by Gasteiger charge is -2.45. The molecule has 486 valence electrons. The number of hydrogen-bond acceptors (Lipinski definition) is 1. The van der Waals surface area contributed by atoms with E-state index in [1.54, 1.807) is 0 Å². The zero-order valence-electron chi connectivity index (χ0n) is 58.5. The lowest BCUT2D eigenvalue weighted by atomic mass is 9.99. The third-order valence-electron chi connectivity index (χ3n) is 16.9. The fraction of sp³-hybridized carbons (Fsp3) is 0.605. The SMILES string of the molecule is CCC(C)C.CCC(C)C.CCC(C)c1ccccc1.CCC(C)c1ccccc1.CCC(C)c1ccccc1.CCC(C)c1ccccc1.CCCl.CC[N+]1(C)CCN(C)CC1.CC[N+]1(C)CC[N+](C)(CC)CC1.[Cl-].[Cl-].[Cl-].c1ccccc1. The zero-order chi connectivity index (χ0) is 62.0. The van der Waals surface area contributed by atoms with Crippen molar-refractivity contribution in [3.8, 4) is 0 Å². The number of alkyl halides is 1. The molecular weight excluding hydrogens is 1110 g/mol. The molecule has 0 bridgehead atoms. The summed E-state index contributed by atoms with van der Waals surface area (Å²) in [5.74, 6) is 5.33. The summed E-state index contributed by atoms with van der Waals surface area (Å²) in [4.78, 5) is 2.41. The Morgan fingerprint density at radius 2 is 0.476 bits per heavy atom. The monoisotopic (exact) mass is 1240 g/mol. The summed E-state index contributed by atoms with van der Waals surface area (Å²) in [5, 5.41) is 0. The molecule has 4 nitrogen and oxygen atoms in total. The molecule has 5 aromatic carbocycles. The van der Waals surface area contributed by atoms with Gasteiger partial charge in [-0.1, -0.05) is 274 Å². The van der Waals surface area contributed by atoms with Crippen molar-refractivity contribution in [2.24, 2.45) is 11.8 Å². The fourth-order valence-corrected chi connectivity index (χ4v) is 7.64. The molecule has 2 saturated heterocycles. The molecule has 4 atom stereocenters. The fourth-order valence-electron chi connectivity index (χ4n) is 7.64. The molecule has 0 amide bonds. The van der Waals surface area contributed by atoms with E-state index in [2.05, 4.69) is 272 Å². The number of benzene rings is 5. The number of piperazine rings is 2. The molecular formula is C76H134Cl4N4. The van der Waals surface area contributed by atoms with E-state index in [0.717, 1.165) is 17.7 Å². The number of likely N-dealkylation sites (N-methyl/N-ethyl adjacent to an activating group) is 4. The summed E-state index contributed by atoms with van der Waals surface area (Å²) in [6.07, 6.45) is 7.52. The largest absolute Gasteiger partial charge is 1.00 e. The normalized spacial score (nSPS) is 17.4. The highest BCUT2D eigenvalue weighted by Crippen LogP contribution is 2.20. The first-order chi connectivity index (χ1) is 38.5. The number of hydrogen-bond donors (Lipinski definition) is 0. The summed E-state index contributed by atoms with van der Waals surface area (Å²) in [7, 11) is 9.34. The summed E-state index contributed by atoms with van der Waals surface area (Å²) >= 11 is 5.00. The van der Waals surface area contributed by atoms with Crippen LogP contribution in [0.3, 0.4) is 0 Å². The highest BCUT2D eigenvalue weighted by Gasteiger charge is 2.34. The summed E-state index contributed by atoms with van der Waals surface area (Å²) in [5.41, 5.74) is 5.80. The smallest absolute Gasteiger partial charge is 0.128 e. The maximum Gasteiger partial charge on any atom is 0.128 e. The van der Waals surface area contributed by atoms with Crippen molar-refractivity contribution < 1.29 is 50.7 Å². The van der Waals surface area contributed by atoms with Crippen LogP contribution in [-0.2, 0) is 0 Å². The van der Waals surface area contributed by atoms with Gasteiger partial charge in [0.1, 0.15) is 26.2 Å². The van der Waals surface area contributed by atoms with Gasteiger partial charge in [0.15, 0.2) is 0 Å². The second kappa shape index (κ2) is 59.1. The lowest BCUT2D eigenvalue weighted by molar-refractivity contribution is -1.01. The highest BCUT2D eigenvalue weighted by atomic mass is 35.5. The predicted molar refractivity (Wildman–Crippen MR) is 371 cm³/mol. The molecule has 2 aliphatic rings. The molecule has 4 unspecified atom stereocenters. The molecule has 2 aliphatic heterocycles. The van der Waals surface area contributed by atoms with Gasteiger partial charge in [-0.05, 0) is 111 Å². The van der Waals surface area contributed by atoms with Crippen LogP contribution in [0.5, 0.6) is 0 Å². The Balaban J connectivity index is -0.000000204. The molecule has 84 heavy (non-hydrogen) atoms. The van der Waals surface area contributed by atoms with Gasteiger partial charge in [-0.3, -0.25) is 4.90 Å². The number of halogens is 4.